The second-order valence-corrected chi connectivity index (χ2v) is 6.84. The Morgan fingerprint density at radius 3 is 3.00 bits per heavy atom. The van der Waals surface area contributed by atoms with Gasteiger partial charge in [0.2, 0.25) is 0 Å². The summed E-state index contributed by atoms with van der Waals surface area (Å²) in [6.07, 6.45) is 5.18. The molecule has 3 aliphatic heterocycles. The van der Waals surface area contributed by atoms with E-state index in [9.17, 15) is 4.79 Å². The van der Waals surface area contributed by atoms with Gasteiger partial charge in [-0.15, -0.1) is 0 Å². The van der Waals surface area contributed by atoms with Crippen LogP contribution in [0.4, 0.5) is 0 Å². The molecule has 1 saturated heterocycles. The van der Waals surface area contributed by atoms with E-state index in [1.54, 1.807) is 0 Å². The van der Waals surface area contributed by atoms with Gasteiger partial charge in [0.1, 0.15) is 6.61 Å². The van der Waals surface area contributed by atoms with Crippen molar-refractivity contribution in [2.24, 2.45) is 5.92 Å². The fourth-order valence-electron chi connectivity index (χ4n) is 4.60. The number of esters is 1. The Hall–Kier alpha value is -2.07. The van der Waals surface area contributed by atoms with Crippen molar-refractivity contribution in [2.75, 3.05) is 19.7 Å². The Balaban J connectivity index is 1.53. The molecular formula is C19H20N2O2. The molecule has 0 spiro atoms. The van der Waals surface area contributed by atoms with Crippen molar-refractivity contribution >= 4 is 16.9 Å². The first-order valence-corrected chi connectivity index (χ1v) is 8.52. The molecule has 1 aromatic carbocycles. The van der Waals surface area contributed by atoms with E-state index >= 15 is 0 Å². The number of rotatable bonds is 1. The third-order valence-electron chi connectivity index (χ3n) is 5.74. The largest absolute Gasteiger partial charge is 0.458 e. The van der Waals surface area contributed by atoms with Crippen LogP contribution in [0.3, 0.4) is 0 Å². The molecule has 4 heteroatoms. The van der Waals surface area contributed by atoms with E-state index in [4.69, 9.17) is 4.74 Å². The molecule has 23 heavy (non-hydrogen) atoms. The van der Waals surface area contributed by atoms with Crippen molar-refractivity contribution in [2.45, 2.75) is 25.3 Å². The van der Waals surface area contributed by atoms with Crippen molar-refractivity contribution in [3.8, 4) is 0 Å². The number of ether oxygens (including phenoxy) is 1. The summed E-state index contributed by atoms with van der Waals surface area (Å²) in [4.78, 5) is 18.1. The summed E-state index contributed by atoms with van der Waals surface area (Å²) in [6, 6.07) is 8.99. The van der Waals surface area contributed by atoms with Gasteiger partial charge in [-0.1, -0.05) is 18.2 Å². The van der Waals surface area contributed by atoms with E-state index in [0.717, 1.165) is 37.9 Å². The second-order valence-electron chi connectivity index (χ2n) is 6.84. The van der Waals surface area contributed by atoms with Crippen LogP contribution in [0.2, 0.25) is 0 Å². The van der Waals surface area contributed by atoms with E-state index in [1.807, 2.05) is 6.08 Å². The zero-order valence-electron chi connectivity index (χ0n) is 13.0. The molecule has 2 atom stereocenters. The topological polar surface area (TPSA) is 45.3 Å². The average molecular weight is 308 g/mol. The van der Waals surface area contributed by atoms with Crippen molar-refractivity contribution in [1.82, 2.24) is 9.88 Å². The van der Waals surface area contributed by atoms with Crippen LogP contribution in [0.15, 0.2) is 35.9 Å². The Morgan fingerprint density at radius 1 is 1.22 bits per heavy atom. The summed E-state index contributed by atoms with van der Waals surface area (Å²) >= 11 is 0. The van der Waals surface area contributed by atoms with Crippen molar-refractivity contribution in [3.05, 3.63) is 47.2 Å². The first-order valence-electron chi connectivity index (χ1n) is 8.52. The molecule has 0 radical (unpaired) electrons. The number of hydrogen-bond donors (Lipinski definition) is 1. The van der Waals surface area contributed by atoms with Gasteiger partial charge in [0.05, 0.1) is 6.04 Å². The molecule has 2 aromatic rings. The predicted molar refractivity (Wildman–Crippen MR) is 88.1 cm³/mol. The molecule has 4 nitrogen and oxygen atoms in total. The second kappa shape index (κ2) is 4.96. The minimum atomic E-state index is -0.101. The summed E-state index contributed by atoms with van der Waals surface area (Å²) in [6.45, 7) is 2.64. The van der Waals surface area contributed by atoms with Crippen LogP contribution in [-0.4, -0.2) is 35.5 Å². The number of nitrogens with one attached hydrogen (secondary N) is 1. The zero-order valence-corrected chi connectivity index (χ0v) is 13.0. The van der Waals surface area contributed by atoms with Crippen LogP contribution in [0, 0.1) is 5.92 Å². The summed E-state index contributed by atoms with van der Waals surface area (Å²) < 4.78 is 5.12. The van der Waals surface area contributed by atoms with Gasteiger partial charge in [-0.25, -0.2) is 4.79 Å². The number of fused-ring (bicyclic) bond motifs is 5. The molecule has 118 valence electrons. The van der Waals surface area contributed by atoms with Crippen molar-refractivity contribution in [3.63, 3.8) is 0 Å². The lowest BCUT2D eigenvalue weighted by molar-refractivity contribution is -0.136. The number of nitrogens with zero attached hydrogens (tertiary/aromatic N) is 1. The van der Waals surface area contributed by atoms with Gasteiger partial charge in [0.25, 0.3) is 0 Å². The lowest BCUT2D eigenvalue weighted by Gasteiger charge is -2.42. The van der Waals surface area contributed by atoms with Crippen molar-refractivity contribution < 1.29 is 9.53 Å². The lowest BCUT2D eigenvalue weighted by atomic mass is 9.81. The highest BCUT2D eigenvalue weighted by atomic mass is 16.5. The van der Waals surface area contributed by atoms with Crippen LogP contribution in [0.1, 0.15) is 30.1 Å². The quantitative estimate of drug-likeness (QED) is 0.824. The minimum absolute atomic E-state index is 0.101. The normalized spacial score (nSPS) is 27.5. The molecule has 0 aliphatic carbocycles. The van der Waals surface area contributed by atoms with Gasteiger partial charge < -0.3 is 9.72 Å². The minimum Gasteiger partial charge on any atom is -0.458 e. The van der Waals surface area contributed by atoms with Crippen LogP contribution in [0.5, 0.6) is 0 Å². The molecular weight excluding hydrogens is 288 g/mol. The Labute approximate surface area is 135 Å². The van der Waals surface area contributed by atoms with E-state index < -0.39 is 0 Å². The Morgan fingerprint density at radius 2 is 2.13 bits per heavy atom. The Kier molecular flexibility index (Phi) is 2.89. The van der Waals surface area contributed by atoms with Gasteiger partial charge in [0, 0.05) is 28.7 Å². The first-order chi connectivity index (χ1) is 11.3. The van der Waals surface area contributed by atoms with Gasteiger partial charge >= 0.3 is 5.97 Å². The number of hydrogen-bond acceptors (Lipinski definition) is 3. The fourth-order valence-corrected chi connectivity index (χ4v) is 4.60. The lowest BCUT2D eigenvalue weighted by Crippen LogP contribution is -2.42. The number of piperidine rings is 1. The standard InChI is InChI=1S/C19H20N2O2/c22-19-13(7-10-23-19)12-5-8-21-9-6-15-14-3-1-2-4-16(14)20-18(15)17(21)11-12/h1-4,7,12,17,20H,5-6,8-11H2/t12-,17+/m1/s1. The molecule has 4 heterocycles. The third kappa shape index (κ3) is 1.98. The maximum atomic E-state index is 11.9. The van der Waals surface area contributed by atoms with E-state index in [2.05, 4.69) is 34.1 Å². The number of aromatic nitrogens is 1. The molecule has 5 rings (SSSR count). The van der Waals surface area contributed by atoms with Gasteiger partial charge in [-0.2, -0.15) is 0 Å². The molecule has 1 N–H and O–H groups in total. The maximum absolute atomic E-state index is 11.9. The summed E-state index contributed by atoms with van der Waals surface area (Å²) in [7, 11) is 0. The fraction of sp³-hybridized carbons (Fsp3) is 0.421. The SMILES string of the molecule is O=C1OCC=C1[C@@H]1CCN2CCc3c([nH]c4ccccc34)[C@@H]2C1. The number of carbonyl (C=O) groups is 1. The highest BCUT2D eigenvalue weighted by Gasteiger charge is 2.38. The van der Waals surface area contributed by atoms with Crippen LogP contribution in [0.25, 0.3) is 10.9 Å². The number of aromatic amines is 1. The monoisotopic (exact) mass is 308 g/mol. The van der Waals surface area contributed by atoms with E-state index in [0.29, 0.717) is 18.6 Å². The predicted octanol–water partition coefficient (Wildman–Crippen LogP) is 2.96. The molecule has 1 fully saturated rings. The molecule has 0 bridgehead atoms. The van der Waals surface area contributed by atoms with E-state index in [-0.39, 0.29) is 5.97 Å². The maximum Gasteiger partial charge on any atom is 0.334 e. The zero-order chi connectivity index (χ0) is 15.4. The number of H-pyrrole nitrogens is 1. The van der Waals surface area contributed by atoms with Crippen LogP contribution < -0.4 is 0 Å². The average Bonchev–Trinajstić information content (AvgIpc) is 3.18. The highest BCUT2D eigenvalue weighted by molar-refractivity contribution is 5.91. The molecule has 0 saturated carbocycles. The van der Waals surface area contributed by atoms with Crippen LogP contribution >= 0.6 is 0 Å². The molecule has 3 aliphatic rings. The summed E-state index contributed by atoms with van der Waals surface area (Å²) in [5.41, 5.74) is 4.99. The highest BCUT2D eigenvalue weighted by Crippen LogP contribution is 2.43. The summed E-state index contributed by atoms with van der Waals surface area (Å²) in [5.74, 6) is 0.236. The number of carbonyl (C=O) groups excluding carboxylic acids is 1. The van der Waals surface area contributed by atoms with Crippen LogP contribution in [-0.2, 0) is 16.0 Å². The first kappa shape index (κ1) is 13.4. The molecule has 1 aromatic heterocycles. The van der Waals surface area contributed by atoms with E-state index in [1.165, 1.54) is 22.2 Å². The third-order valence-corrected chi connectivity index (χ3v) is 5.74. The molecule has 0 amide bonds. The van der Waals surface area contributed by atoms with Gasteiger partial charge in [0.15, 0.2) is 0 Å². The smallest absolute Gasteiger partial charge is 0.334 e. The van der Waals surface area contributed by atoms with Gasteiger partial charge in [-0.3, -0.25) is 4.90 Å². The number of para-hydroxylation sites is 1. The number of benzene rings is 1. The summed E-state index contributed by atoms with van der Waals surface area (Å²) in [5, 5.41) is 1.36. The molecule has 0 unspecified atom stereocenters. The van der Waals surface area contributed by atoms with Gasteiger partial charge in [-0.05, 0) is 49.4 Å². The number of cyclic esters (lactones) is 1. The Bertz CT molecular complexity index is 820. The van der Waals surface area contributed by atoms with Crippen molar-refractivity contribution in [1.29, 1.82) is 0 Å².